The van der Waals surface area contributed by atoms with E-state index in [4.69, 9.17) is 11.6 Å². The Morgan fingerprint density at radius 2 is 1.58 bits per heavy atom. The average molecular weight is 457 g/mol. The summed E-state index contributed by atoms with van der Waals surface area (Å²) in [7, 11) is -3.59. The van der Waals surface area contributed by atoms with Gasteiger partial charge in [-0.2, -0.15) is 4.31 Å². The predicted molar refractivity (Wildman–Crippen MR) is 119 cm³/mol. The molecule has 3 aromatic rings. The van der Waals surface area contributed by atoms with Gasteiger partial charge in [-0.1, -0.05) is 41.9 Å². The third-order valence-corrected chi connectivity index (χ3v) is 7.39. The topological polar surface area (TPSA) is 92.3 Å². The summed E-state index contributed by atoms with van der Waals surface area (Å²) in [6, 6.07) is 15.7. The minimum Gasteiger partial charge on any atom is -0.323 e. The molecule has 0 spiro atoms. The quantitative estimate of drug-likeness (QED) is 0.629. The largest absolute Gasteiger partial charge is 0.323 e. The van der Waals surface area contributed by atoms with Gasteiger partial charge in [-0.05, 0) is 37.1 Å². The van der Waals surface area contributed by atoms with Crippen LogP contribution in [-0.2, 0) is 14.8 Å². The number of carbonyl (C=O) groups excluding carboxylic acids is 1. The maximum absolute atomic E-state index is 12.8. The molecule has 1 aliphatic heterocycles. The van der Waals surface area contributed by atoms with E-state index in [0.717, 1.165) is 5.56 Å². The van der Waals surface area contributed by atoms with Gasteiger partial charge < -0.3 is 5.32 Å². The molecule has 0 radical (unpaired) electrons. The number of nitrogens with one attached hydrogen (secondary N) is 1. The van der Waals surface area contributed by atoms with E-state index < -0.39 is 10.0 Å². The number of piperidine rings is 1. The van der Waals surface area contributed by atoms with E-state index >= 15 is 0 Å². The fourth-order valence-electron chi connectivity index (χ4n) is 3.49. The first-order chi connectivity index (χ1) is 14.9. The number of amides is 1. The van der Waals surface area contributed by atoms with E-state index in [9.17, 15) is 13.2 Å². The summed E-state index contributed by atoms with van der Waals surface area (Å²) in [5.74, 6) is 0.157. The first kappa shape index (κ1) is 21.4. The molecule has 1 aliphatic rings. The first-order valence-electron chi connectivity index (χ1n) is 9.87. The number of hydrogen-bond donors (Lipinski definition) is 1. The third-order valence-electron chi connectivity index (χ3n) is 5.23. The van der Waals surface area contributed by atoms with E-state index in [0.29, 0.717) is 29.4 Å². The molecule has 4 rings (SSSR count). The molecule has 0 aliphatic carbocycles. The number of nitrogens with zero attached hydrogens (tertiary/aromatic N) is 3. The highest BCUT2D eigenvalue weighted by Crippen LogP contribution is 2.25. The van der Waals surface area contributed by atoms with Crippen LogP contribution in [0.25, 0.3) is 11.4 Å². The zero-order chi connectivity index (χ0) is 21.8. The van der Waals surface area contributed by atoms with Crippen LogP contribution in [-0.4, -0.2) is 41.7 Å². The Morgan fingerprint density at radius 3 is 2.19 bits per heavy atom. The summed E-state index contributed by atoms with van der Waals surface area (Å²) in [6.45, 7) is 0.568. The van der Waals surface area contributed by atoms with Crippen molar-refractivity contribution in [2.75, 3.05) is 18.4 Å². The molecule has 1 fully saturated rings. The first-order valence-corrected chi connectivity index (χ1v) is 11.7. The molecule has 1 amide bonds. The van der Waals surface area contributed by atoms with Gasteiger partial charge >= 0.3 is 0 Å². The van der Waals surface area contributed by atoms with E-state index in [1.54, 1.807) is 24.5 Å². The van der Waals surface area contributed by atoms with Crippen LogP contribution in [0.15, 0.2) is 71.9 Å². The molecule has 2 heterocycles. The summed E-state index contributed by atoms with van der Waals surface area (Å²) in [4.78, 5) is 21.5. The summed E-state index contributed by atoms with van der Waals surface area (Å²) in [6.07, 6.45) is 4.05. The van der Waals surface area contributed by atoms with Crippen LogP contribution < -0.4 is 5.32 Å². The minimum absolute atomic E-state index is 0.153. The van der Waals surface area contributed by atoms with Gasteiger partial charge in [0.1, 0.15) is 0 Å². The number of anilines is 1. The van der Waals surface area contributed by atoms with Gasteiger partial charge in [0.15, 0.2) is 5.82 Å². The third kappa shape index (κ3) is 4.92. The number of halogens is 1. The van der Waals surface area contributed by atoms with Crippen LogP contribution in [0.1, 0.15) is 12.8 Å². The molecule has 0 bridgehead atoms. The van der Waals surface area contributed by atoms with Crippen molar-refractivity contribution in [1.29, 1.82) is 0 Å². The Balaban J connectivity index is 1.34. The van der Waals surface area contributed by atoms with Crippen molar-refractivity contribution in [2.24, 2.45) is 5.92 Å². The van der Waals surface area contributed by atoms with Crippen molar-refractivity contribution >= 4 is 33.2 Å². The van der Waals surface area contributed by atoms with Crippen LogP contribution in [0.5, 0.6) is 0 Å². The van der Waals surface area contributed by atoms with E-state index in [-0.39, 0.29) is 29.8 Å². The fraction of sp³-hybridized carbons (Fsp3) is 0.227. The van der Waals surface area contributed by atoms with Gasteiger partial charge in [0, 0.05) is 29.6 Å². The number of hydrogen-bond acceptors (Lipinski definition) is 5. The maximum atomic E-state index is 12.8. The number of carbonyl (C=O) groups is 1. The molecule has 0 saturated carbocycles. The standard InChI is InChI=1S/C22H21ClN4O3S/c23-18-6-8-20(9-7-18)31(29,30)27-12-10-17(11-13-27)22(28)26-19-14-24-21(25-15-19)16-4-2-1-3-5-16/h1-9,14-15,17H,10-13H2,(H,26,28). The van der Waals surface area contributed by atoms with Crippen molar-refractivity contribution in [3.8, 4) is 11.4 Å². The zero-order valence-corrected chi connectivity index (χ0v) is 18.2. The Bertz CT molecular complexity index is 1150. The smallest absolute Gasteiger partial charge is 0.243 e. The molecule has 0 atom stereocenters. The molecule has 1 saturated heterocycles. The van der Waals surface area contributed by atoms with Crippen LogP contribution in [0.3, 0.4) is 0 Å². The second-order valence-corrected chi connectivity index (χ2v) is 9.66. The number of benzene rings is 2. The second kappa shape index (κ2) is 9.13. The highest BCUT2D eigenvalue weighted by atomic mass is 35.5. The van der Waals surface area contributed by atoms with Crippen LogP contribution in [0.4, 0.5) is 5.69 Å². The lowest BCUT2D eigenvalue weighted by Gasteiger charge is -2.30. The molecular formula is C22H21ClN4O3S. The average Bonchev–Trinajstić information content (AvgIpc) is 2.80. The Kier molecular flexibility index (Phi) is 6.31. The molecule has 7 nitrogen and oxygen atoms in total. The Hall–Kier alpha value is -2.81. The molecule has 9 heteroatoms. The Labute approximate surface area is 186 Å². The van der Waals surface area contributed by atoms with Crippen molar-refractivity contribution < 1.29 is 13.2 Å². The molecule has 31 heavy (non-hydrogen) atoms. The van der Waals surface area contributed by atoms with Gasteiger partial charge in [-0.3, -0.25) is 4.79 Å². The monoisotopic (exact) mass is 456 g/mol. The molecule has 0 unspecified atom stereocenters. The minimum atomic E-state index is -3.59. The van der Waals surface area contributed by atoms with Crippen LogP contribution in [0.2, 0.25) is 5.02 Å². The number of rotatable bonds is 5. The summed E-state index contributed by atoms with van der Waals surface area (Å²) in [5.41, 5.74) is 1.41. The fourth-order valence-corrected chi connectivity index (χ4v) is 5.08. The normalized spacial score (nSPS) is 15.5. The van der Waals surface area contributed by atoms with Crippen LogP contribution >= 0.6 is 11.6 Å². The maximum Gasteiger partial charge on any atom is 0.243 e. The number of aromatic nitrogens is 2. The predicted octanol–water partition coefficient (Wildman–Crippen LogP) is 3.84. The van der Waals surface area contributed by atoms with Gasteiger partial charge in [0.05, 0.1) is 23.0 Å². The number of sulfonamides is 1. The van der Waals surface area contributed by atoms with Gasteiger partial charge in [0.25, 0.3) is 0 Å². The summed E-state index contributed by atoms with van der Waals surface area (Å²) >= 11 is 5.85. The molecule has 160 valence electrons. The van der Waals surface area contributed by atoms with Gasteiger partial charge in [-0.25, -0.2) is 18.4 Å². The Morgan fingerprint density at radius 1 is 0.968 bits per heavy atom. The highest BCUT2D eigenvalue weighted by molar-refractivity contribution is 7.89. The molecule has 1 N–H and O–H groups in total. The van der Waals surface area contributed by atoms with E-state index in [1.807, 2.05) is 30.3 Å². The van der Waals surface area contributed by atoms with Crippen molar-refractivity contribution in [1.82, 2.24) is 14.3 Å². The lowest BCUT2D eigenvalue weighted by molar-refractivity contribution is -0.120. The molecule has 1 aromatic heterocycles. The van der Waals surface area contributed by atoms with Gasteiger partial charge in [-0.15, -0.1) is 0 Å². The second-order valence-electron chi connectivity index (χ2n) is 7.28. The van der Waals surface area contributed by atoms with E-state index in [2.05, 4.69) is 15.3 Å². The van der Waals surface area contributed by atoms with Gasteiger partial charge in [0.2, 0.25) is 15.9 Å². The SMILES string of the molecule is O=C(Nc1cnc(-c2ccccc2)nc1)C1CCN(S(=O)(=O)c2ccc(Cl)cc2)CC1. The van der Waals surface area contributed by atoms with Crippen molar-refractivity contribution in [3.63, 3.8) is 0 Å². The molecular weight excluding hydrogens is 436 g/mol. The summed E-state index contributed by atoms with van der Waals surface area (Å²) < 4.78 is 27.0. The van der Waals surface area contributed by atoms with Crippen molar-refractivity contribution in [3.05, 3.63) is 72.0 Å². The zero-order valence-electron chi connectivity index (χ0n) is 16.6. The van der Waals surface area contributed by atoms with Crippen LogP contribution in [0, 0.1) is 5.92 Å². The lowest BCUT2D eigenvalue weighted by Crippen LogP contribution is -2.41. The summed E-state index contributed by atoms with van der Waals surface area (Å²) in [5, 5.41) is 3.32. The van der Waals surface area contributed by atoms with E-state index in [1.165, 1.54) is 16.4 Å². The van der Waals surface area contributed by atoms with Crippen molar-refractivity contribution in [2.45, 2.75) is 17.7 Å². The lowest BCUT2D eigenvalue weighted by atomic mass is 9.97. The highest BCUT2D eigenvalue weighted by Gasteiger charge is 2.32. The molecule has 2 aromatic carbocycles.